The van der Waals surface area contributed by atoms with Crippen LogP contribution in [0.1, 0.15) is 11.6 Å². The van der Waals surface area contributed by atoms with E-state index in [-0.39, 0.29) is 18.2 Å². The fraction of sp³-hybridized carbons (Fsp3) is 0.111. The van der Waals surface area contributed by atoms with Gasteiger partial charge in [-0.25, -0.2) is 14.4 Å². The summed E-state index contributed by atoms with van der Waals surface area (Å²) < 4.78 is 18.8. The highest BCUT2D eigenvalue weighted by molar-refractivity contribution is 5.95. The zero-order chi connectivity index (χ0) is 18.5. The largest absolute Gasteiger partial charge is 0.496 e. The SMILES string of the molecule is COc1ccc(F)cc1-c1cc(NC(=O)C(N)c2cccnc2)ncn1.Cl. The van der Waals surface area contributed by atoms with Gasteiger partial charge in [0.1, 0.15) is 29.8 Å². The minimum absolute atomic E-state index is 0. The van der Waals surface area contributed by atoms with Crippen molar-refractivity contribution in [2.45, 2.75) is 6.04 Å². The molecule has 1 unspecified atom stereocenters. The van der Waals surface area contributed by atoms with Crippen LogP contribution in [0, 0.1) is 5.82 Å². The van der Waals surface area contributed by atoms with E-state index >= 15 is 0 Å². The number of amides is 1. The smallest absolute Gasteiger partial charge is 0.247 e. The summed E-state index contributed by atoms with van der Waals surface area (Å²) in [6.45, 7) is 0. The number of ether oxygens (including phenoxy) is 1. The maximum Gasteiger partial charge on any atom is 0.247 e. The summed E-state index contributed by atoms with van der Waals surface area (Å²) in [6, 6.07) is 8.12. The molecule has 27 heavy (non-hydrogen) atoms. The average Bonchev–Trinajstić information content (AvgIpc) is 2.68. The van der Waals surface area contributed by atoms with E-state index in [1.54, 1.807) is 18.3 Å². The van der Waals surface area contributed by atoms with Gasteiger partial charge in [-0.3, -0.25) is 9.78 Å². The van der Waals surface area contributed by atoms with Gasteiger partial charge in [0.25, 0.3) is 0 Å². The number of carbonyl (C=O) groups is 1. The monoisotopic (exact) mass is 389 g/mol. The summed E-state index contributed by atoms with van der Waals surface area (Å²) >= 11 is 0. The Balaban J connectivity index is 0.00000261. The number of benzene rings is 1. The third kappa shape index (κ3) is 4.75. The van der Waals surface area contributed by atoms with Crippen LogP contribution in [0.4, 0.5) is 10.2 Å². The second kappa shape index (κ2) is 9.02. The van der Waals surface area contributed by atoms with Crippen LogP contribution in [0.15, 0.2) is 55.1 Å². The molecule has 2 heterocycles. The lowest BCUT2D eigenvalue weighted by atomic mass is 10.1. The molecule has 3 N–H and O–H groups in total. The molecule has 0 spiro atoms. The highest BCUT2D eigenvalue weighted by Gasteiger charge is 2.17. The Labute approximate surface area is 161 Å². The number of hydrogen-bond acceptors (Lipinski definition) is 6. The number of pyridine rings is 1. The van der Waals surface area contributed by atoms with Crippen molar-refractivity contribution in [3.05, 3.63) is 66.5 Å². The molecule has 0 radical (unpaired) electrons. The van der Waals surface area contributed by atoms with Crippen LogP contribution in [0.2, 0.25) is 0 Å². The number of aromatic nitrogens is 3. The zero-order valence-corrected chi connectivity index (χ0v) is 15.1. The molecule has 1 aromatic carbocycles. The first-order valence-electron chi connectivity index (χ1n) is 7.71. The Bertz CT molecular complexity index is 927. The number of halogens is 2. The van der Waals surface area contributed by atoms with E-state index in [0.29, 0.717) is 22.6 Å². The minimum Gasteiger partial charge on any atom is -0.496 e. The number of nitrogens with two attached hydrogens (primary N) is 1. The molecular formula is C18H17ClFN5O2. The van der Waals surface area contributed by atoms with Crippen LogP contribution in [0.5, 0.6) is 5.75 Å². The van der Waals surface area contributed by atoms with Crippen LogP contribution in [-0.4, -0.2) is 28.0 Å². The van der Waals surface area contributed by atoms with Gasteiger partial charge in [0.15, 0.2) is 0 Å². The molecule has 3 aromatic rings. The van der Waals surface area contributed by atoms with Crippen molar-refractivity contribution in [1.29, 1.82) is 0 Å². The molecule has 0 aliphatic carbocycles. The van der Waals surface area contributed by atoms with E-state index in [4.69, 9.17) is 10.5 Å². The molecule has 1 amide bonds. The van der Waals surface area contributed by atoms with Crippen LogP contribution >= 0.6 is 12.4 Å². The third-order valence-corrected chi connectivity index (χ3v) is 3.68. The molecule has 0 aliphatic heterocycles. The maximum atomic E-state index is 13.6. The average molecular weight is 390 g/mol. The number of methoxy groups -OCH3 is 1. The number of nitrogens with zero attached hydrogens (tertiary/aromatic N) is 3. The van der Waals surface area contributed by atoms with Crippen LogP contribution < -0.4 is 15.8 Å². The molecule has 0 saturated carbocycles. The normalized spacial score (nSPS) is 11.2. The van der Waals surface area contributed by atoms with E-state index in [9.17, 15) is 9.18 Å². The van der Waals surface area contributed by atoms with Crippen molar-refractivity contribution in [3.8, 4) is 17.0 Å². The van der Waals surface area contributed by atoms with Crippen molar-refractivity contribution in [1.82, 2.24) is 15.0 Å². The van der Waals surface area contributed by atoms with Crippen molar-refractivity contribution in [3.63, 3.8) is 0 Å². The zero-order valence-electron chi connectivity index (χ0n) is 14.3. The molecule has 0 fully saturated rings. The van der Waals surface area contributed by atoms with Crippen molar-refractivity contribution < 1.29 is 13.9 Å². The molecule has 2 aromatic heterocycles. The minimum atomic E-state index is -0.897. The molecular weight excluding hydrogens is 373 g/mol. The Hall–Kier alpha value is -3.10. The van der Waals surface area contributed by atoms with E-state index in [0.717, 1.165) is 0 Å². The van der Waals surface area contributed by atoms with Crippen LogP contribution in [-0.2, 0) is 4.79 Å². The summed E-state index contributed by atoms with van der Waals surface area (Å²) in [5, 5.41) is 2.63. The predicted octanol–water partition coefficient (Wildman–Crippen LogP) is 2.75. The first-order chi connectivity index (χ1) is 12.6. The van der Waals surface area contributed by atoms with Crippen LogP contribution in [0.25, 0.3) is 11.3 Å². The predicted molar refractivity (Wildman–Crippen MR) is 101 cm³/mol. The number of anilines is 1. The van der Waals surface area contributed by atoms with E-state index < -0.39 is 17.8 Å². The highest BCUT2D eigenvalue weighted by Crippen LogP contribution is 2.30. The number of nitrogens with one attached hydrogen (secondary N) is 1. The lowest BCUT2D eigenvalue weighted by molar-refractivity contribution is -0.117. The molecule has 0 aliphatic rings. The van der Waals surface area contributed by atoms with Gasteiger partial charge in [-0.05, 0) is 29.8 Å². The van der Waals surface area contributed by atoms with Gasteiger partial charge >= 0.3 is 0 Å². The Morgan fingerprint density at radius 1 is 1.26 bits per heavy atom. The lowest BCUT2D eigenvalue weighted by Gasteiger charge is -2.12. The van der Waals surface area contributed by atoms with E-state index in [1.165, 1.54) is 43.9 Å². The molecule has 3 rings (SSSR count). The second-order valence-corrected chi connectivity index (χ2v) is 5.39. The van der Waals surface area contributed by atoms with Crippen molar-refractivity contribution in [2.24, 2.45) is 5.73 Å². The first-order valence-corrected chi connectivity index (χ1v) is 7.71. The van der Waals surface area contributed by atoms with Gasteiger partial charge in [-0.2, -0.15) is 0 Å². The standard InChI is InChI=1S/C18H16FN5O2.ClH/c1-26-15-5-4-12(19)7-13(15)14-8-16(23-10-22-14)24-18(25)17(20)11-3-2-6-21-9-11;/h2-10,17H,20H2,1H3,(H,22,23,24,25);1H. The Morgan fingerprint density at radius 2 is 2.07 bits per heavy atom. The van der Waals surface area contributed by atoms with Gasteiger partial charge in [-0.15, -0.1) is 12.4 Å². The fourth-order valence-electron chi connectivity index (χ4n) is 2.37. The Morgan fingerprint density at radius 3 is 2.78 bits per heavy atom. The fourth-order valence-corrected chi connectivity index (χ4v) is 2.37. The molecule has 140 valence electrons. The number of rotatable bonds is 5. The lowest BCUT2D eigenvalue weighted by Crippen LogP contribution is -2.28. The molecule has 9 heteroatoms. The highest BCUT2D eigenvalue weighted by atomic mass is 35.5. The third-order valence-electron chi connectivity index (χ3n) is 3.68. The topological polar surface area (TPSA) is 103 Å². The number of hydrogen-bond donors (Lipinski definition) is 2. The van der Waals surface area contributed by atoms with E-state index in [2.05, 4.69) is 20.3 Å². The van der Waals surface area contributed by atoms with Gasteiger partial charge in [0.2, 0.25) is 5.91 Å². The van der Waals surface area contributed by atoms with Gasteiger partial charge in [-0.1, -0.05) is 6.07 Å². The van der Waals surface area contributed by atoms with Crippen molar-refractivity contribution in [2.75, 3.05) is 12.4 Å². The molecule has 1 atom stereocenters. The Kier molecular flexibility index (Phi) is 6.75. The summed E-state index contributed by atoms with van der Waals surface area (Å²) in [5.41, 5.74) is 7.36. The summed E-state index contributed by atoms with van der Waals surface area (Å²) in [7, 11) is 1.48. The molecule has 0 saturated heterocycles. The second-order valence-electron chi connectivity index (χ2n) is 5.39. The van der Waals surface area contributed by atoms with Crippen LogP contribution in [0.3, 0.4) is 0 Å². The quantitative estimate of drug-likeness (QED) is 0.695. The first kappa shape index (κ1) is 20.2. The summed E-state index contributed by atoms with van der Waals surface area (Å²) in [4.78, 5) is 24.4. The van der Waals surface area contributed by atoms with Gasteiger partial charge in [0.05, 0.1) is 12.8 Å². The maximum absolute atomic E-state index is 13.6. The van der Waals surface area contributed by atoms with Gasteiger partial charge < -0.3 is 15.8 Å². The summed E-state index contributed by atoms with van der Waals surface area (Å²) in [6.07, 6.45) is 4.38. The van der Waals surface area contributed by atoms with Crippen molar-refractivity contribution >= 4 is 24.1 Å². The summed E-state index contributed by atoms with van der Waals surface area (Å²) in [5.74, 6) is -0.183. The van der Waals surface area contributed by atoms with E-state index in [1.807, 2.05) is 0 Å². The van der Waals surface area contributed by atoms with Gasteiger partial charge in [0, 0.05) is 24.0 Å². The number of carbonyl (C=O) groups excluding carboxylic acids is 1. The molecule has 7 nitrogen and oxygen atoms in total. The molecule has 0 bridgehead atoms.